The maximum atomic E-state index is 15.5. The molecule has 0 bridgehead atoms. The fourth-order valence-corrected chi connectivity index (χ4v) is 5.42. The Bertz CT molecular complexity index is 1570. The Morgan fingerprint density at radius 1 is 1.35 bits per heavy atom. The third-order valence-corrected chi connectivity index (χ3v) is 7.31. The van der Waals surface area contributed by atoms with Crippen molar-refractivity contribution < 1.29 is 23.4 Å². The van der Waals surface area contributed by atoms with Gasteiger partial charge >= 0.3 is 0 Å². The second-order valence-corrected chi connectivity index (χ2v) is 10.5. The van der Waals surface area contributed by atoms with Gasteiger partial charge in [0.05, 0.1) is 16.7 Å². The van der Waals surface area contributed by atoms with E-state index in [-0.39, 0.29) is 39.2 Å². The molecule has 0 spiro atoms. The number of nitrogens with zero attached hydrogens (tertiary/aromatic N) is 2. The van der Waals surface area contributed by atoms with Gasteiger partial charge in [-0.2, -0.15) is 0 Å². The van der Waals surface area contributed by atoms with E-state index in [0.717, 1.165) is 17.5 Å². The van der Waals surface area contributed by atoms with Crippen molar-refractivity contribution in [3.63, 3.8) is 0 Å². The first-order valence-electron chi connectivity index (χ1n) is 11.6. The van der Waals surface area contributed by atoms with Crippen LogP contribution in [-0.4, -0.2) is 37.7 Å². The Labute approximate surface area is 215 Å². The number of aliphatic hydroxyl groups is 1. The molecule has 11 heteroatoms. The molecular formula is C26H28F2N4O4S. The number of hydrogen-bond acceptors (Lipinski definition) is 6. The van der Waals surface area contributed by atoms with Crippen molar-refractivity contribution in [1.82, 2.24) is 19.9 Å². The number of fused-ring (bicyclic) bond motifs is 1. The van der Waals surface area contributed by atoms with Gasteiger partial charge in [0.1, 0.15) is 17.0 Å². The zero-order valence-electron chi connectivity index (χ0n) is 21.3. The molecule has 0 aliphatic heterocycles. The summed E-state index contributed by atoms with van der Waals surface area (Å²) in [6.45, 7) is 8.24. The summed E-state index contributed by atoms with van der Waals surface area (Å²) in [5.41, 5.74) is -0.234. The van der Waals surface area contributed by atoms with Gasteiger partial charge in [-0.3, -0.25) is 9.59 Å². The summed E-state index contributed by atoms with van der Waals surface area (Å²) in [5, 5.41) is 13.6. The first kappa shape index (κ1) is 26.5. The number of carbonyl (C=O) groups excluding carboxylic acids is 1. The van der Waals surface area contributed by atoms with Gasteiger partial charge in [0.2, 0.25) is 5.88 Å². The molecular weight excluding hydrogens is 502 g/mol. The number of alkyl halides is 1. The first-order chi connectivity index (χ1) is 17.3. The third-order valence-electron chi connectivity index (χ3n) is 5.97. The van der Waals surface area contributed by atoms with Crippen LogP contribution in [0.25, 0.3) is 21.3 Å². The number of rotatable bonds is 7. The quantitative estimate of drug-likeness (QED) is 0.309. The Balaban J connectivity index is 2.00. The molecule has 37 heavy (non-hydrogen) atoms. The highest BCUT2D eigenvalue weighted by molar-refractivity contribution is 7.16. The van der Waals surface area contributed by atoms with E-state index in [4.69, 9.17) is 4.74 Å². The highest BCUT2D eigenvalue weighted by atomic mass is 32.1. The minimum atomic E-state index is -1.74. The predicted octanol–water partition coefficient (Wildman–Crippen LogP) is 5.07. The maximum Gasteiger partial charge on any atom is 0.274 e. The molecule has 8 nitrogen and oxygen atoms in total. The smallest absolute Gasteiger partial charge is 0.274 e. The number of amides is 1. The van der Waals surface area contributed by atoms with Crippen molar-refractivity contribution in [3.8, 4) is 22.1 Å². The fourth-order valence-electron chi connectivity index (χ4n) is 4.00. The molecule has 0 aromatic carbocycles. The largest absolute Gasteiger partial charge is 0.437 e. The lowest BCUT2D eigenvalue weighted by molar-refractivity contribution is -0.00286. The van der Waals surface area contributed by atoms with Crippen molar-refractivity contribution in [2.24, 2.45) is 7.05 Å². The van der Waals surface area contributed by atoms with Crippen molar-refractivity contribution in [1.29, 1.82) is 0 Å². The molecule has 1 amide bonds. The number of carbonyl (C=O) groups is 1. The van der Waals surface area contributed by atoms with E-state index in [1.807, 2.05) is 0 Å². The highest BCUT2D eigenvalue weighted by Crippen LogP contribution is 2.50. The van der Waals surface area contributed by atoms with Crippen molar-refractivity contribution in [2.75, 3.05) is 6.54 Å². The zero-order chi connectivity index (χ0) is 27.2. The molecule has 0 aliphatic rings. The summed E-state index contributed by atoms with van der Waals surface area (Å²) < 4.78 is 36.6. The van der Waals surface area contributed by atoms with Crippen molar-refractivity contribution in [3.05, 3.63) is 62.4 Å². The second kappa shape index (κ2) is 9.71. The van der Waals surface area contributed by atoms with Crippen LogP contribution in [0.4, 0.5) is 8.78 Å². The molecule has 4 aromatic heterocycles. The molecule has 4 aromatic rings. The topological polar surface area (TPSA) is 109 Å². The average molecular weight is 531 g/mol. The predicted molar refractivity (Wildman–Crippen MR) is 139 cm³/mol. The number of aromatic nitrogens is 3. The van der Waals surface area contributed by atoms with Gasteiger partial charge in [-0.25, -0.2) is 13.8 Å². The number of ether oxygens (including phenoxy) is 1. The lowest BCUT2D eigenvalue weighted by Crippen LogP contribution is -2.25. The summed E-state index contributed by atoms with van der Waals surface area (Å²) in [6, 6.07) is 2.84. The van der Waals surface area contributed by atoms with Crippen LogP contribution in [0.5, 0.6) is 11.6 Å². The number of H-pyrrole nitrogens is 1. The van der Waals surface area contributed by atoms with Crippen LogP contribution in [0.3, 0.4) is 0 Å². The third kappa shape index (κ3) is 4.88. The van der Waals surface area contributed by atoms with E-state index in [1.165, 1.54) is 24.5 Å². The molecule has 0 saturated heterocycles. The molecule has 0 fully saturated rings. The number of nitrogens with one attached hydrogen (secondary N) is 2. The summed E-state index contributed by atoms with van der Waals surface area (Å²) in [5.74, 6) is -0.506. The zero-order valence-corrected chi connectivity index (χ0v) is 22.1. The standard InChI is InChI=1S/C26H28F2N4O4S/c1-7-29-23(33)17-9-15-16(11-32(6)25(34)18(15)31-17)21-19(36-24-12(2)8-14(27)10-30-24)13(3)20(37-21)22(28)26(4,5)35/h8-11,22,31,35H,7H2,1-6H3,(H,29,33). The lowest BCUT2D eigenvalue weighted by atomic mass is 9.99. The molecule has 0 radical (unpaired) electrons. The molecule has 4 rings (SSSR count). The van der Waals surface area contributed by atoms with Gasteiger partial charge in [-0.15, -0.1) is 11.3 Å². The minimum absolute atomic E-state index is 0.131. The van der Waals surface area contributed by atoms with Gasteiger partial charge in [-0.1, -0.05) is 0 Å². The van der Waals surface area contributed by atoms with E-state index in [9.17, 15) is 19.1 Å². The Morgan fingerprint density at radius 2 is 2.05 bits per heavy atom. The van der Waals surface area contributed by atoms with E-state index >= 15 is 4.39 Å². The van der Waals surface area contributed by atoms with Crippen molar-refractivity contribution >= 4 is 28.1 Å². The molecule has 196 valence electrons. The number of hydrogen-bond donors (Lipinski definition) is 3. The number of aryl methyl sites for hydroxylation is 2. The van der Waals surface area contributed by atoms with E-state index in [2.05, 4.69) is 15.3 Å². The Kier molecular flexibility index (Phi) is 6.95. The van der Waals surface area contributed by atoms with Gasteiger partial charge in [0.15, 0.2) is 11.9 Å². The monoisotopic (exact) mass is 530 g/mol. The molecule has 3 N–H and O–H groups in total. The summed E-state index contributed by atoms with van der Waals surface area (Å²) in [7, 11) is 1.57. The van der Waals surface area contributed by atoms with Crippen LogP contribution in [0, 0.1) is 19.7 Å². The van der Waals surface area contributed by atoms with Gasteiger partial charge in [0.25, 0.3) is 11.5 Å². The first-order valence-corrected chi connectivity index (χ1v) is 12.5. The lowest BCUT2D eigenvalue weighted by Gasteiger charge is -2.22. The maximum absolute atomic E-state index is 15.5. The number of pyridine rings is 2. The van der Waals surface area contributed by atoms with Gasteiger partial charge in [-0.05, 0) is 46.8 Å². The molecule has 1 unspecified atom stereocenters. The number of halogens is 2. The summed E-state index contributed by atoms with van der Waals surface area (Å²) in [4.78, 5) is 33.0. The molecule has 0 saturated carbocycles. The number of aromatic amines is 1. The van der Waals surface area contributed by atoms with Crippen molar-refractivity contribution in [2.45, 2.75) is 46.4 Å². The average Bonchev–Trinajstić information content (AvgIpc) is 3.40. The molecule has 4 heterocycles. The summed E-state index contributed by atoms with van der Waals surface area (Å²) in [6.07, 6.45) is 0.870. The van der Waals surface area contributed by atoms with Crippen LogP contribution in [0.2, 0.25) is 0 Å². The fraction of sp³-hybridized carbons (Fsp3) is 0.346. The van der Waals surface area contributed by atoms with E-state index in [1.54, 1.807) is 40.1 Å². The normalized spacial score (nSPS) is 12.7. The SMILES string of the molecule is CCNC(=O)c1cc2c(-c3sc(C(F)C(C)(C)O)c(C)c3Oc3ncc(F)cc3C)cn(C)c(=O)c2[nH]1. The van der Waals surface area contributed by atoms with Crippen LogP contribution in [-0.2, 0) is 7.05 Å². The Morgan fingerprint density at radius 3 is 2.68 bits per heavy atom. The highest BCUT2D eigenvalue weighted by Gasteiger charge is 2.34. The molecule has 0 aliphatic carbocycles. The van der Waals surface area contributed by atoms with Crippen LogP contribution >= 0.6 is 11.3 Å². The van der Waals surface area contributed by atoms with Gasteiger partial charge in [0, 0.05) is 46.7 Å². The summed E-state index contributed by atoms with van der Waals surface area (Å²) >= 11 is 1.07. The van der Waals surface area contributed by atoms with Crippen LogP contribution in [0.1, 0.15) is 53.4 Å². The van der Waals surface area contributed by atoms with Gasteiger partial charge < -0.3 is 24.7 Å². The van der Waals surface area contributed by atoms with Crippen LogP contribution < -0.4 is 15.6 Å². The number of thiophene rings is 1. The Hall–Kier alpha value is -3.57. The van der Waals surface area contributed by atoms with Crippen LogP contribution in [0.15, 0.2) is 29.3 Å². The second-order valence-electron chi connectivity index (χ2n) is 9.43. The van der Waals surface area contributed by atoms with E-state index < -0.39 is 17.6 Å². The molecule has 1 atom stereocenters. The minimum Gasteiger partial charge on any atom is -0.437 e. The van der Waals surface area contributed by atoms with E-state index in [0.29, 0.717) is 33.5 Å².